The number of hydrogen-bond acceptors (Lipinski definition) is 7. The van der Waals surface area contributed by atoms with Crippen molar-refractivity contribution in [2.75, 3.05) is 37.7 Å². The SMILES string of the molecule is CCN1C(=O)C(=Cc2c(N3CCOCC3)nc3ccccn3c2=O)SC1=S. The van der Waals surface area contributed by atoms with Gasteiger partial charge in [-0.3, -0.25) is 18.9 Å². The van der Waals surface area contributed by atoms with E-state index in [1.54, 1.807) is 24.4 Å². The van der Waals surface area contributed by atoms with Crippen LogP contribution in [0, 0.1) is 0 Å². The van der Waals surface area contributed by atoms with Crippen LogP contribution in [-0.2, 0) is 9.53 Å². The Morgan fingerprint density at radius 2 is 2.07 bits per heavy atom. The van der Waals surface area contributed by atoms with Gasteiger partial charge in [-0.1, -0.05) is 30.0 Å². The number of ether oxygens (including phenoxy) is 1. The van der Waals surface area contributed by atoms with Crippen molar-refractivity contribution in [1.29, 1.82) is 0 Å². The highest BCUT2D eigenvalue weighted by Crippen LogP contribution is 2.33. The van der Waals surface area contributed by atoms with Crippen LogP contribution in [0.1, 0.15) is 12.5 Å². The van der Waals surface area contributed by atoms with E-state index in [9.17, 15) is 9.59 Å². The van der Waals surface area contributed by atoms with E-state index >= 15 is 0 Å². The Morgan fingerprint density at radius 1 is 1.30 bits per heavy atom. The van der Waals surface area contributed by atoms with Gasteiger partial charge in [-0.05, 0) is 25.1 Å². The van der Waals surface area contributed by atoms with Gasteiger partial charge in [-0.2, -0.15) is 0 Å². The monoisotopic (exact) mass is 402 g/mol. The standard InChI is InChI=1S/C18H18N4O3S2/c1-2-21-17(24)13(27-18(21)26)11-12-15(20-7-9-25-10-8-20)19-14-5-3-4-6-22(14)16(12)23/h3-6,11H,2,7-10H2,1H3. The third kappa shape index (κ3) is 3.26. The molecule has 0 spiro atoms. The van der Waals surface area contributed by atoms with Crippen molar-refractivity contribution >= 4 is 51.7 Å². The summed E-state index contributed by atoms with van der Waals surface area (Å²) in [7, 11) is 0. The molecule has 2 aliphatic heterocycles. The molecular weight excluding hydrogens is 384 g/mol. The van der Waals surface area contributed by atoms with Crippen molar-refractivity contribution < 1.29 is 9.53 Å². The zero-order valence-electron chi connectivity index (χ0n) is 14.8. The quantitative estimate of drug-likeness (QED) is 0.572. The number of aromatic nitrogens is 2. The Labute approximate surface area is 165 Å². The van der Waals surface area contributed by atoms with E-state index < -0.39 is 0 Å². The summed E-state index contributed by atoms with van der Waals surface area (Å²) in [6, 6.07) is 5.42. The lowest BCUT2D eigenvalue weighted by molar-refractivity contribution is -0.121. The normalized spacial score (nSPS) is 19.5. The number of fused-ring (bicyclic) bond motifs is 1. The predicted molar refractivity (Wildman–Crippen MR) is 110 cm³/mol. The minimum absolute atomic E-state index is 0.169. The van der Waals surface area contributed by atoms with Crippen LogP contribution in [0.15, 0.2) is 34.1 Å². The van der Waals surface area contributed by atoms with Crippen LogP contribution in [0.4, 0.5) is 5.82 Å². The summed E-state index contributed by atoms with van der Waals surface area (Å²) in [6.07, 6.45) is 3.32. The van der Waals surface area contributed by atoms with Crippen LogP contribution in [0.2, 0.25) is 0 Å². The molecule has 0 aromatic carbocycles. The number of pyridine rings is 1. The van der Waals surface area contributed by atoms with E-state index in [0.717, 1.165) is 0 Å². The van der Waals surface area contributed by atoms with Crippen molar-refractivity contribution in [1.82, 2.24) is 14.3 Å². The van der Waals surface area contributed by atoms with Gasteiger partial charge in [0.15, 0.2) is 0 Å². The number of rotatable bonds is 3. The van der Waals surface area contributed by atoms with E-state index in [1.807, 2.05) is 17.9 Å². The zero-order valence-corrected chi connectivity index (χ0v) is 16.4. The molecule has 7 nitrogen and oxygen atoms in total. The topological polar surface area (TPSA) is 67.2 Å². The molecule has 0 radical (unpaired) electrons. The number of likely N-dealkylation sites (N-methyl/N-ethyl adjacent to an activating group) is 1. The van der Waals surface area contributed by atoms with E-state index in [4.69, 9.17) is 21.9 Å². The van der Waals surface area contributed by atoms with Crippen molar-refractivity contribution in [2.45, 2.75) is 6.92 Å². The first-order chi connectivity index (χ1) is 13.1. The summed E-state index contributed by atoms with van der Waals surface area (Å²) in [5.41, 5.74) is 0.767. The molecule has 0 aliphatic carbocycles. The Balaban J connectivity index is 1.89. The van der Waals surface area contributed by atoms with Crippen molar-refractivity contribution in [3.63, 3.8) is 0 Å². The summed E-state index contributed by atoms with van der Waals surface area (Å²) >= 11 is 6.50. The number of carbonyl (C=O) groups is 1. The fraction of sp³-hybridized carbons (Fsp3) is 0.333. The molecule has 1 amide bonds. The van der Waals surface area contributed by atoms with Crippen LogP contribution in [0.25, 0.3) is 11.7 Å². The fourth-order valence-corrected chi connectivity index (χ4v) is 4.50. The largest absolute Gasteiger partial charge is 0.378 e. The van der Waals surface area contributed by atoms with E-state index in [2.05, 4.69) is 0 Å². The lowest BCUT2D eigenvalue weighted by Gasteiger charge is -2.29. The van der Waals surface area contributed by atoms with Gasteiger partial charge in [0, 0.05) is 25.8 Å². The smallest absolute Gasteiger partial charge is 0.267 e. The third-order valence-corrected chi connectivity index (χ3v) is 5.90. The number of amides is 1. The molecule has 4 heterocycles. The highest BCUT2D eigenvalue weighted by Gasteiger charge is 2.31. The molecule has 27 heavy (non-hydrogen) atoms. The van der Waals surface area contributed by atoms with Gasteiger partial charge in [0.1, 0.15) is 15.8 Å². The zero-order chi connectivity index (χ0) is 19.0. The molecule has 9 heteroatoms. The highest BCUT2D eigenvalue weighted by molar-refractivity contribution is 8.26. The first kappa shape index (κ1) is 18.1. The maximum atomic E-state index is 13.2. The summed E-state index contributed by atoms with van der Waals surface area (Å²) in [6.45, 7) is 4.82. The number of anilines is 1. The molecule has 0 saturated carbocycles. The van der Waals surface area contributed by atoms with Crippen LogP contribution < -0.4 is 10.5 Å². The molecule has 140 valence electrons. The molecule has 0 atom stereocenters. The highest BCUT2D eigenvalue weighted by atomic mass is 32.2. The van der Waals surface area contributed by atoms with E-state index in [-0.39, 0.29) is 11.5 Å². The number of thioether (sulfide) groups is 1. The van der Waals surface area contributed by atoms with Crippen molar-refractivity contribution in [3.05, 3.63) is 45.2 Å². The second-order valence-corrected chi connectivity index (χ2v) is 7.78. The molecule has 2 aromatic heterocycles. The number of hydrogen-bond donors (Lipinski definition) is 0. The summed E-state index contributed by atoms with van der Waals surface area (Å²) in [5.74, 6) is 0.411. The van der Waals surface area contributed by atoms with Gasteiger partial charge in [0.25, 0.3) is 11.5 Å². The van der Waals surface area contributed by atoms with Gasteiger partial charge in [0.05, 0.1) is 23.7 Å². The Hall–Kier alpha value is -2.23. The van der Waals surface area contributed by atoms with Crippen LogP contribution in [0.5, 0.6) is 0 Å². The van der Waals surface area contributed by atoms with Crippen molar-refractivity contribution in [2.24, 2.45) is 0 Å². The number of carbonyl (C=O) groups excluding carboxylic acids is 1. The number of morpholine rings is 1. The second kappa shape index (κ2) is 7.41. The van der Waals surface area contributed by atoms with Crippen LogP contribution in [0.3, 0.4) is 0 Å². The average Bonchev–Trinajstić information content (AvgIpc) is 2.97. The van der Waals surface area contributed by atoms with Crippen LogP contribution >= 0.6 is 24.0 Å². The minimum Gasteiger partial charge on any atom is -0.378 e. The lowest BCUT2D eigenvalue weighted by atomic mass is 10.2. The average molecular weight is 403 g/mol. The van der Waals surface area contributed by atoms with Gasteiger partial charge in [-0.25, -0.2) is 4.98 Å². The van der Waals surface area contributed by atoms with E-state index in [0.29, 0.717) is 59.1 Å². The second-order valence-electron chi connectivity index (χ2n) is 6.11. The van der Waals surface area contributed by atoms with Gasteiger partial charge in [0.2, 0.25) is 0 Å². The predicted octanol–water partition coefficient (Wildman–Crippen LogP) is 1.75. The van der Waals surface area contributed by atoms with Crippen LogP contribution in [-0.4, -0.2) is 57.4 Å². The molecular formula is C18H18N4O3S2. The Kier molecular flexibility index (Phi) is 4.98. The Bertz CT molecular complexity index is 1010. The molecule has 0 unspecified atom stereocenters. The first-order valence-electron chi connectivity index (χ1n) is 8.69. The molecule has 4 rings (SSSR count). The summed E-state index contributed by atoms with van der Waals surface area (Å²) in [5, 5.41) is 0. The maximum Gasteiger partial charge on any atom is 0.267 e. The molecule has 2 fully saturated rings. The maximum absolute atomic E-state index is 13.2. The lowest BCUT2D eigenvalue weighted by Crippen LogP contribution is -2.38. The molecule has 0 N–H and O–H groups in total. The first-order valence-corrected chi connectivity index (χ1v) is 9.92. The molecule has 2 aliphatic rings. The number of nitrogens with zero attached hydrogens (tertiary/aromatic N) is 4. The van der Waals surface area contributed by atoms with E-state index in [1.165, 1.54) is 21.1 Å². The van der Waals surface area contributed by atoms with Crippen molar-refractivity contribution in [3.8, 4) is 0 Å². The summed E-state index contributed by atoms with van der Waals surface area (Å²) < 4.78 is 7.43. The molecule has 2 saturated heterocycles. The summed E-state index contributed by atoms with van der Waals surface area (Å²) in [4.78, 5) is 34.5. The third-order valence-electron chi connectivity index (χ3n) is 4.52. The Morgan fingerprint density at radius 3 is 2.78 bits per heavy atom. The fourth-order valence-electron chi connectivity index (χ4n) is 3.14. The molecule has 0 bridgehead atoms. The number of thiocarbonyl (C=S) groups is 1. The van der Waals surface area contributed by atoms with Gasteiger partial charge < -0.3 is 9.64 Å². The van der Waals surface area contributed by atoms with Gasteiger partial charge in [-0.15, -0.1) is 0 Å². The molecule has 2 aromatic rings. The minimum atomic E-state index is -0.205. The van der Waals surface area contributed by atoms with Gasteiger partial charge >= 0.3 is 0 Å².